The Bertz CT molecular complexity index is 1030. The molecule has 0 aliphatic carbocycles. The van der Waals surface area contributed by atoms with Gasteiger partial charge in [0.25, 0.3) is 0 Å². The van der Waals surface area contributed by atoms with Gasteiger partial charge in [-0.2, -0.15) is 5.10 Å². The van der Waals surface area contributed by atoms with Crippen molar-refractivity contribution in [3.05, 3.63) is 67.2 Å². The van der Waals surface area contributed by atoms with Crippen LogP contribution in [0.15, 0.2) is 66.1 Å². The van der Waals surface area contributed by atoms with E-state index in [0.717, 1.165) is 5.56 Å². The molecule has 0 saturated heterocycles. The number of carbonyl (C=O) groups is 1. The Morgan fingerprint density at radius 3 is 3.00 bits per heavy atom. The van der Waals surface area contributed by atoms with Crippen molar-refractivity contribution in [2.75, 3.05) is 5.32 Å². The molecule has 0 radical (unpaired) electrons. The van der Waals surface area contributed by atoms with E-state index in [0.29, 0.717) is 23.0 Å². The van der Waals surface area contributed by atoms with Crippen molar-refractivity contribution < 1.29 is 9.21 Å². The topological polar surface area (TPSA) is 124 Å². The molecule has 2 N–H and O–H groups in total. The lowest BCUT2D eigenvalue weighted by molar-refractivity contribution is 0.251. The second kappa shape index (κ2) is 7.44. The summed E-state index contributed by atoms with van der Waals surface area (Å²) in [6, 6.07) is 10.4. The third-order valence-corrected chi connectivity index (χ3v) is 3.67. The number of amides is 2. The quantitative estimate of drug-likeness (QED) is 0.557. The maximum absolute atomic E-state index is 12.3. The highest BCUT2D eigenvalue weighted by molar-refractivity contribution is 5.89. The van der Waals surface area contributed by atoms with Gasteiger partial charge in [0.2, 0.25) is 12.3 Å². The third-order valence-electron chi connectivity index (χ3n) is 3.67. The molecule has 10 heteroatoms. The SMILES string of the molecule is O=C(NCc1cccnc1-n1cncn1)Nc1cccc(-c2nnco2)c1. The number of nitrogens with zero attached hydrogens (tertiary/aromatic N) is 6. The van der Waals surface area contributed by atoms with Crippen LogP contribution in [0.4, 0.5) is 10.5 Å². The van der Waals surface area contributed by atoms with Crippen molar-refractivity contribution in [1.29, 1.82) is 0 Å². The first-order valence-electron chi connectivity index (χ1n) is 8.00. The number of hydrogen-bond acceptors (Lipinski definition) is 7. The van der Waals surface area contributed by atoms with E-state index in [1.165, 1.54) is 12.7 Å². The Kier molecular flexibility index (Phi) is 4.51. The number of nitrogens with one attached hydrogen (secondary N) is 2. The second-order valence-corrected chi connectivity index (χ2v) is 5.46. The lowest BCUT2D eigenvalue weighted by Gasteiger charge is -2.10. The molecule has 2 amide bonds. The molecule has 27 heavy (non-hydrogen) atoms. The Morgan fingerprint density at radius 2 is 2.19 bits per heavy atom. The van der Waals surface area contributed by atoms with Gasteiger partial charge < -0.3 is 15.1 Å². The molecule has 0 spiro atoms. The number of pyridine rings is 1. The summed E-state index contributed by atoms with van der Waals surface area (Å²) in [5.74, 6) is 0.987. The molecular weight excluding hydrogens is 348 g/mol. The van der Waals surface area contributed by atoms with E-state index >= 15 is 0 Å². The fourth-order valence-corrected chi connectivity index (χ4v) is 2.47. The van der Waals surface area contributed by atoms with E-state index in [2.05, 4.69) is 35.9 Å². The summed E-state index contributed by atoms with van der Waals surface area (Å²) in [4.78, 5) is 20.5. The number of benzene rings is 1. The van der Waals surface area contributed by atoms with Crippen LogP contribution in [0.3, 0.4) is 0 Å². The molecule has 3 aromatic heterocycles. The summed E-state index contributed by atoms with van der Waals surface area (Å²) >= 11 is 0. The minimum atomic E-state index is -0.355. The third kappa shape index (κ3) is 3.79. The summed E-state index contributed by atoms with van der Waals surface area (Å²) in [6.07, 6.45) is 5.89. The van der Waals surface area contributed by atoms with E-state index in [1.807, 2.05) is 12.1 Å². The molecule has 134 valence electrons. The standard InChI is InChI=1S/C17H14N8O2/c26-17(23-14-5-1-3-12(7-14)16-24-21-11-27-16)20-8-13-4-2-6-19-15(13)25-10-18-9-22-25/h1-7,9-11H,8H2,(H2,20,23,26). The molecule has 4 aromatic rings. The van der Waals surface area contributed by atoms with Gasteiger partial charge in [0, 0.05) is 29.6 Å². The van der Waals surface area contributed by atoms with E-state index < -0.39 is 0 Å². The maximum Gasteiger partial charge on any atom is 0.319 e. The summed E-state index contributed by atoms with van der Waals surface area (Å²) in [6.45, 7) is 0.276. The minimum absolute atomic E-state index is 0.276. The lowest BCUT2D eigenvalue weighted by Crippen LogP contribution is -2.28. The van der Waals surface area contributed by atoms with Gasteiger partial charge >= 0.3 is 6.03 Å². The first-order chi connectivity index (χ1) is 13.3. The normalized spacial score (nSPS) is 10.5. The first-order valence-corrected chi connectivity index (χ1v) is 8.00. The van der Waals surface area contributed by atoms with Crippen LogP contribution >= 0.6 is 0 Å². The Balaban J connectivity index is 1.42. The van der Waals surface area contributed by atoms with E-state index in [1.54, 1.807) is 41.5 Å². The molecule has 0 aliphatic rings. The number of carbonyl (C=O) groups excluding carboxylic acids is 1. The minimum Gasteiger partial charge on any atom is -0.423 e. The summed E-state index contributed by atoms with van der Waals surface area (Å²) in [5, 5.41) is 17.1. The number of urea groups is 1. The van der Waals surface area contributed by atoms with E-state index in [9.17, 15) is 4.79 Å². The predicted molar refractivity (Wildman–Crippen MR) is 94.7 cm³/mol. The zero-order valence-electron chi connectivity index (χ0n) is 14.0. The monoisotopic (exact) mass is 362 g/mol. The van der Waals surface area contributed by atoms with Crippen molar-refractivity contribution in [3.8, 4) is 17.3 Å². The van der Waals surface area contributed by atoms with Crippen LogP contribution in [0.1, 0.15) is 5.56 Å². The highest BCUT2D eigenvalue weighted by Gasteiger charge is 2.09. The van der Waals surface area contributed by atoms with Gasteiger partial charge in [-0.05, 0) is 24.3 Å². The van der Waals surface area contributed by atoms with Crippen LogP contribution in [0.25, 0.3) is 17.3 Å². The molecule has 0 aliphatic heterocycles. The van der Waals surface area contributed by atoms with Crippen LogP contribution in [-0.2, 0) is 6.54 Å². The second-order valence-electron chi connectivity index (χ2n) is 5.46. The fraction of sp³-hybridized carbons (Fsp3) is 0.0588. The van der Waals surface area contributed by atoms with Gasteiger partial charge in [0.05, 0.1) is 0 Å². The number of anilines is 1. The number of aromatic nitrogens is 6. The molecule has 0 fully saturated rings. The van der Waals surface area contributed by atoms with Crippen molar-refractivity contribution in [1.82, 2.24) is 35.3 Å². The van der Waals surface area contributed by atoms with Crippen molar-refractivity contribution >= 4 is 11.7 Å². The van der Waals surface area contributed by atoms with Crippen LogP contribution in [0.5, 0.6) is 0 Å². The fourth-order valence-electron chi connectivity index (χ4n) is 2.47. The number of hydrogen-bond donors (Lipinski definition) is 2. The highest BCUT2D eigenvalue weighted by atomic mass is 16.4. The first kappa shape index (κ1) is 16.4. The summed E-state index contributed by atoms with van der Waals surface area (Å²) in [7, 11) is 0. The smallest absolute Gasteiger partial charge is 0.319 e. The van der Waals surface area contributed by atoms with Gasteiger partial charge in [-0.3, -0.25) is 0 Å². The van der Waals surface area contributed by atoms with Crippen LogP contribution in [0, 0.1) is 0 Å². The predicted octanol–water partition coefficient (Wildman–Crippen LogP) is 2.03. The molecule has 10 nitrogen and oxygen atoms in total. The Morgan fingerprint density at radius 1 is 1.22 bits per heavy atom. The zero-order valence-corrected chi connectivity index (χ0v) is 14.0. The molecule has 4 rings (SSSR count). The number of rotatable bonds is 5. The molecule has 0 saturated carbocycles. The maximum atomic E-state index is 12.3. The van der Waals surface area contributed by atoms with Gasteiger partial charge in [-0.25, -0.2) is 19.4 Å². The Labute approximate surface area is 153 Å². The lowest BCUT2D eigenvalue weighted by atomic mass is 10.2. The van der Waals surface area contributed by atoms with Crippen LogP contribution in [0.2, 0.25) is 0 Å². The van der Waals surface area contributed by atoms with Crippen LogP contribution in [-0.4, -0.2) is 36.0 Å². The van der Waals surface area contributed by atoms with Crippen molar-refractivity contribution in [2.24, 2.45) is 0 Å². The molecule has 0 atom stereocenters. The molecule has 1 aromatic carbocycles. The molecule has 3 heterocycles. The van der Waals surface area contributed by atoms with Crippen molar-refractivity contribution in [3.63, 3.8) is 0 Å². The summed E-state index contributed by atoms with van der Waals surface area (Å²) < 4.78 is 6.71. The average molecular weight is 362 g/mol. The average Bonchev–Trinajstić information content (AvgIpc) is 3.41. The van der Waals surface area contributed by atoms with Crippen molar-refractivity contribution in [2.45, 2.75) is 6.54 Å². The van der Waals surface area contributed by atoms with Gasteiger partial charge in [-0.15, -0.1) is 10.2 Å². The largest absolute Gasteiger partial charge is 0.423 e. The van der Waals surface area contributed by atoms with Gasteiger partial charge in [0.15, 0.2) is 5.82 Å². The van der Waals surface area contributed by atoms with Crippen LogP contribution < -0.4 is 10.6 Å². The molecular formula is C17H14N8O2. The van der Waals surface area contributed by atoms with Gasteiger partial charge in [0.1, 0.15) is 12.7 Å². The zero-order chi connectivity index (χ0) is 18.5. The van der Waals surface area contributed by atoms with E-state index in [-0.39, 0.29) is 12.6 Å². The Hall–Kier alpha value is -4.08. The van der Waals surface area contributed by atoms with Gasteiger partial charge in [-0.1, -0.05) is 12.1 Å². The highest BCUT2D eigenvalue weighted by Crippen LogP contribution is 2.20. The van der Waals surface area contributed by atoms with E-state index in [4.69, 9.17) is 4.42 Å². The molecule has 0 bridgehead atoms. The summed E-state index contributed by atoms with van der Waals surface area (Å²) in [5.41, 5.74) is 2.12. The molecule has 0 unspecified atom stereocenters.